The molecule has 1 rings (SSSR count). The Morgan fingerprint density at radius 1 is 1.31 bits per heavy atom. The number of likely N-dealkylation sites (tertiary alicyclic amines) is 1. The van der Waals surface area contributed by atoms with Crippen LogP contribution >= 0.6 is 0 Å². The lowest BCUT2D eigenvalue weighted by Gasteiger charge is -2.33. The molecule has 0 bridgehead atoms. The van der Waals surface area contributed by atoms with Crippen molar-refractivity contribution < 1.29 is 0 Å². The first-order chi connectivity index (χ1) is 6.25. The minimum absolute atomic E-state index is 0.804. The van der Waals surface area contributed by atoms with Gasteiger partial charge in [-0.3, -0.25) is 4.90 Å². The van der Waals surface area contributed by atoms with Crippen molar-refractivity contribution in [2.75, 3.05) is 6.54 Å². The van der Waals surface area contributed by atoms with E-state index < -0.39 is 0 Å². The van der Waals surface area contributed by atoms with Crippen LogP contribution < -0.4 is 0 Å². The van der Waals surface area contributed by atoms with Gasteiger partial charge >= 0.3 is 0 Å². The molecule has 0 saturated carbocycles. The summed E-state index contributed by atoms with van der Waals surface area (Å²) >= 11 is 0. The molecule has 13 heavy (non-hydrogen) atoms. The quantitative estimate of drug-likeness (QED) is 0.648. The number of nitrogens with zero attached hydrogens (tertiary/aromatic N) is 1. The predicted octanol–water partition coefficient (Wildman–Crippen LogP) is 3.44. The first kappa shape index (κ1) is 11.0. The van der Waals surface area contributed by atoms with E-state index in [0.29, 0.717) is 0 Å². The second-order valence-corrected chi connectivity index (χ2v) is 4.57. The molecule has 0 spiro atoms. The molecule has 0 aliphatic carbocycles. The first-order valence-corrected chi connectivity index (χ1v) is 6.01. The van der Waals surface area contributed by atoms with Crippen molar-refractivity contribution in [2.24, 2.45) is 0 Å². The molecule has 1 fully saturated rings. The van der Waals surface area contributed by atoms with Gasteiger partial charge in [0.05, 0.1) is 0 Å². The summed E-state index contributed by atoms with van der Waals surface area (Å²) in [6.07, 6.45) is 8.40. The Hall–Kier alpha value is -0.0400. The number of rotatable bonds is 3. The predicted molar refractivity (Wildman–Crippen MR) is 59.0 cm³/mol. The molecule has 1 nitrogen and oxygen atoms in total. The van der Waals surface area contributed by atoms with Crippen LogP contribution in [-0.2, 0) is 0 Å². The Morgan fingerprint density at radius 2 is 2.08 bits per heavy atom. The van der Waals surface area contributed by atoms with Crippen LogP contribution in [0.4, 0.5) is 0 Å². The molecule has 1 heteroatoms. The fraction of sp³-hybridized carbons (Fsp3) is 1.00. The maximum absolute atomic E-state index is 2.72. The van der Waals surface area contributed by atoms with E-state index in [9.17, 15) is 0 Å². The van der Waals surface area contributed by atoms with E-state index in [-0.39, 0.29) is 0 Å². The lowest BCUT2D eigenvalue weighted by molar-refractivity contribution is 0.149. The molecule has 1 aliphatic heterocycles. The highest BCUT2D eigenvalue weighted by Gasteiger charge is 2.20. The zero-order valence-electron chi connectivity index (χ0n) is 9.55. The molecular formula is C12H25N. The summed E-state index contributed by atoms with van der Waals surface area (Å²) in [7, 11) is 0. The van der Waals surface area contributed by atoms with Crippen LogP contribution in [0.25, 0.3) is 0 Å². The molecule has 0 amide bonds. The lowest BCUT2D eigenvalue weighted by Crippen LogP contribution is -2.39. The standard InChI is InChI=1S/C12H25N/c1-4-8-11(2)13-10-7-5-6-9-12(13)3/h11-12H,4-10H2,1-3H3. The highest BCUT2D eigenvalue weighted by atomic mass is 15.2. The highest BCUT2D eigenvalue weighted by molar-refractivity contribution is 4.76. The molecule has 78 valence electrons. The summed E-state index contributed by atoms with van der Waals surface area (Å²) in [5, 5.41) is 0. The zero-order chi connectivity index (χ0) is 9.68. The first-order valence-electron chi connectivity index (χ1n) is 6.01. The van der Waals surface area contributed by atoms with Crippen LogP contribution in [0.3, 0.4) is 0 Å². The van der Waals surface area contributed by atoms with Gasteiger partial charge < -0.3 is 0 Å². The van der Waals surface area contributed by atoms with Gasteiger partial charge in [-0.15, -0.1) is 0 Å². The van der Waals surface area contributed by atoms with E-state index in [1.54, 1.807) is 0 Å². The van der Waals surface area contributed by atoms with Gasteiger partial charge in [0.1, 0.15) is 0 Å². The third-order valence-corrected chi connectivity index (χ3v) is 3.38. The van der Waals surface area contributed by atoms with E-state index in [0.717, 1.165) is 12.1 Å². The van der Waals surface area contributed by atoms with Crippen LogP contribution in [0.1, 0.15) is 59.3 Å². The van der Waals surface area contributed by atoms with Gasteiger partial charge in [0.15, 0.2) is 0 Å². The molecule has 0 radical (unpaired) electrons. The van der Waals surface area contributed by atoms with Crippen molar-refractivity contribution in [3.8, 4) is 0 Å². The van der Waals surface area contributed by atoms with Crippen molar-refractivity contribution >= 4 is 0 Å². The summed E-state index contributed by atoms with van der Waals surface area (Å²) in [5.74, 6) is 0. The molecule has 0 aromatic carbocycles. The second kappa shape index (κ2) is 5.64. The van der Waals surface area contributed by atoms with Crippen LogP contribution in [0, 0.1) is 0 Å². The van der Waals surface area contributed by atoms with Gasteiger partial charge in [-0.2, -0.15) is 0 Å². The summed E-state index contributed by atoms with van der Waals surface area (Å²) in [5.41, 5.74) is 0. The number of hydrogen-bond donors (Lipinski definition) is 0. The van der Waals surface area contributed by atoms with Gasteiger partial charge in [0, 0.05) is 12.1 Å². The van der Waals surface area contributed by atoms with Crippen LogP contribution in [0.2, 0.25) is 0 Å². The van der Waals surface area contributed by atoms with Crippen LogP contribution in [0.15, 0.2) is 0 Å². The molecule has 1 aliphatic rings. The summed E-state index contributed by atoms with van der Waals surface area (Å²) < 4.78 is 0. The fourth-order valence-corrected chi connectivity index (χ4v) is 2.54. The van der Waals surface area contributed by atoms with Gasteiger partial charge in [-0.25, -0.2) is 0 Å². The van der Waals surface area contributed by atoms with E-state index in [1.807, 2.05) is 0 Å². The van der Waals surface area contributed by atoms with E-state index in [4.69, 9.17) is 0 Å². The smallest absolute Gasteiger partial charge is 0.00697 e. The molecule has 0 N–H and O–H groups in total. The van der Waals surface area contributed by atoms with E-state index >= 15 is 0 Å². The average molecular weight is 183 g/mol. The second-order valence-electron chi connectivity index (χ2n) is 4.57. The van der Waals surface area contributed by atoms with Crippen molar-refractivity contribution in [3.05, 3.63) is 0 Å². The fourth-order valence-electron chi connectivity index (χ4n) is 2.54. The molecule has 2 atom stereocenters. The average Bonchev–Trinajstić information content (AvgIpc) is 2.30. The highest BCUT2D eigenvalue weighted by Crippen LogP contribution is 2.20. The van der Waals surface area contributed by atoms with E-state index in [2.05, 4.69) is 25.7 Å². The lowest BCUT2D eigenvalue weighted by atomic mass is 10.1. The van der Waals surface area contributed by atoms with Gasteiger partial charge in [0.2, 0.25) is 0 Å². The Morgan fingerprint density at radius 3 is 2.77 bits per heavy atom. The van der Waals surface area contributed by atoms with Crippen LogP contribution in [0.5, 0.6) is 0 Å². The van der Waals surface area contributed by atoms with Crippen molar-refractivity contribution in [2.45, 2.75) is 71.4 Å². The molecule has 1 saturated heterocycles. The van der Waals surface area contributed by atoms with Gasteiger partial charge in [-0.05, 0) is 39.7 Å². The minimum Gasteiger partial charge on any atom is -0.298 e. The minimum atomic E-state index is 0.804. The summed E-state index contributed by atoms with van der Waals surface area (Å²) in [6, 6.07) is 1.63. The third kappa shape index (κ3) is 3.30. The maximum Gasteiger partial charge on any atom is 0.00697 e. The molecule has 0 aromatic rings. The Balaban J connectivity index is 2.43. The normalized spacial score (nSPS) is 28.4. The Bertz CT molecular complexity index is 133. The Labute approximate surface area is 83.5 Å². The Kier molecular flexibility index (Phi) is 4.79. The summed E-state index contributed by atoms with van der Waals surface area (Å²) in [4.78, 5) is 2.72. The molecule has 2 unspecified atom stereocenters. The zero-order valence-corrected chi connectivity index (χ0v) is 9.55. The van der Waals surface area contributed by atoms with E-state index in [1.165, 1.54) is 45.1 Å². The molecule has 0 aromatic heterocycles. The van der Waals surface area contributed by atoms with Crippen LogP contribution in [-0.4, -0.2) is 23.5 Å². The number of hydrogen-bond acceptors (Lipinski definition) is 1. The molecular weight excluding hydrogens is 158 g/mol. The van der Waals surface area contributed by atoms with Crippen molar-refractivity contribution in [1.29, 1.82) is 0 Å². The van der Waals surface area contributed by atoms with Gasteiger partial charge in [-0.1, -0.05) is 26.2 Å². The SMILES string of the molecule is CCCC(C)N1CCCCCC1C. The third-order valence-electron chi connectivity index (χ3n) is 3.38. The largest absolute Gasteiger partial charge is 0.298 e. The van der Waals surface area contributed by atoms with Crippen molar-refractivity contribution in [1.82, 2.24) is 4.90 Å². The maximum atomic E-state index is 2.72. The van der Waals surface area contributed by atoms with Gasteiger partial charge in [0.25, 0.3) is 0 Å². The molecule has 1 heterocycles. The topological polar surface area (TPSA) is 3.24 Å². The summed E-state index contributed by atoms with van der Waals surface area (Å²) in [6.45, 7) is 8.42. The van der Waals surface area contributed by atoms with Crippen molar-refractivity contribution in [3.63, 3.8) is 0 Å². The monoisotopic (exact) mass is 183 g/mol.